The molecule has 1 fully saturated rings. The summed E-state index contributed by atoms with van der Waals surface area (Å²) in [6, 6.07) is 9.13. The lowest BCUT2D eigenvalue weighted by molar-refractivity contribution is -0.126. The maximum absolute atomic E-state index is 12.2. The standard InChI is InChI=1S/C13H15N3O/c1-16(12(17)13(15)7-4-8-13)11-6-3-2-5-10(11)9-14/h2-3,5-6H,4,7-8,15H2,1H3. The lowest BCUT2D eigenvalue weighted by Gasteiger charge is -2.39. The Balaban J connectivity index is 2.28. The summed E-state index contributed by atoms with van der Waals surface area (Å²) in [4.78, 5) is 13.7. The number of hydrogen-bond acceptors (Lipinski definition) is 3. The second kappa shape index (κ2) is 4.19. The molecule has 1 aromatic carbocycles. The Morgan fingerprint density at radius 2 is 2.12 bits per heavy atom. The topological polar surface area (TPSA) is 70.1 Å². The number of benzene rings is 1. The molecule has 17 heavy (non-hydrogen) atoms. The van der Waals surface area contributed by atoms with E-state index in [0.29, 0.717) is 11.3 Å². The van der Waals surface area contributed by atoms with Crippen LogP contribution in [-0.4, -0.2) is 18.5 Å². The molecule has 0 aromatic heterocycles. The van der Waals surface area contributed by atoms with Crippen LogP contribution in [0.1, 0.15) is 24.8 Å². The molecule has 0 saturated heterocycles. The Morgan fingerprint density at radius 3 is 2.65 bits per heavy atom. The average Bonchev–Trinajstić information content (AvgIpc) is 2.34. The van der Waals surface area contributed by atoms with Crippen molar-refractivity contribution in [3.63, 3.8) is 0 Å². The number of nitrogens with two attached hydrogens (primary N) is 1. The van der Waals surface area contributed by atoms with Gasteiger partial charge in [0, 0.05) is 7.05 Å². The SMILES string of the molecule is CN(C(=O)C1(N)CCC1)c1ccccc1C#N. The fourth-order valence-electron chi connectivity index (χ4n) is 2.08. The molecule has 0 bridgehead atoms. The van der Waals surface area contributed by atoms with Gasteiger partial charge in [-0.1, -0.05) is 12.1 Å². The molecular weight excluding hydrogens is 214 g/mol. The highest BCUT2D eigenvalue weighted by Gasteiger charge is 2.42. The number of anilines is 1. The van der Waals surface area contributed by atoms with Crippen LogP contribution in [0.2, 0.25) is 0 Å². The molecule has 1 aliphatic rings. The number of amides is 1. The second-order valence-corrected chi connectivity index (χ2v) is 4.50. The normalized spacial score (nSPS) is 16.8. The van der Waals surface area contributed by atoms with Gasteiger partial charge in [-0.25, -0.2) is 0 Å². The quantitative estimate of drug-likeness (QED) is 0.833. The number of rotatable bonds is 2. The highest BCUT2D eigenvalue weighted by atomic mass is 16.2. The van der Waals surface area contributed by atoms with E-state index < -0.39 is 5.54 Å². The number of hydrogen-bond donors (Lipinski definition) is 1. The predicted molar refractivity (Wildman–Crippen MR) is 65.3 cm³/mol. The minimum Gasteiger partial charge on any atom is -0.317 e. The molecule has 2 N–H and O–H groups in total. The fourth-order valence-corrected chi connectivity index (χ4v) is 2.08. The third-order valence-electron chi connectivity index (χ3n) is 3.36. The third kappa shape index (κ3) is 1.90. The van der Waals surface area contributed by atoms with Gasteiger partial charge >= 0.3 is 0 Å². The number of nitriles is 1. The van der Waals surface area contributed by atoms with Crippen LogP contribution in [0.3, 0.4) is 0 Å². The first kappa shape index (κ1) is 11.6. The van der Waals surface area contributed by atoms with E-state index in [1.165, 1.54) is 4.90 Å². The number of carbonyl (C=O) groups excluding carboxylic acids is 1. The highest BCUT2D eigenvalue weighted by Crippen LogP contribution is 2.32. The smallest absolute Gasteiger partial charge is 0.246 e. The van der Waals surface area contributed by atoms with Gasteiger partial charge in [0.15, 0.2) is 0 Å². The summed E-state index contributed by atoms with van der Waals surface area (Å²) in [5.41, 5.74) is 6.39. The highest BCUT2D eigenvalue weighted by molar-refractivity contribution is 6.01. The van der Waals surface area contributed by atoms with E-state index in [4.69, 9.17) is 11.0 Å². The van der Waals surface area contributed by atoms with Crippen LogP contribution in [0, 0.1) is 11.3 Å². The largest absolute Gasteiger partial charge is 0.317 e. The van der Waals surface area contributed by atoms with Gasteiger partial charge in [0.25, 0.3) is 0 Å². The lowest BCUT2D eigenvalue weighted by atomic mass is 9.76. The Bertz CT molecular complexity index is 486. The molecular formula is C13H15N3O. The van der Waals surface area contributed by atoms with Crippen LogP contribution in [0.5, 0.6) is 0 Å². The lowest BCUT2D eigenvalue weighted by Crippen LogP contribution is -2.59. The monoisotopic (exact) mass is 229 g/mol. The number of likely N-dealkylation sites (N-methyl/N-ethyl adjacent to an activating group) is 1. The van der Waals surface area contributed by atoms with Crippen molar-refractivity contribution >= 4 is 11.6 Å². The summed E-state index contributed by atoms with van der Waals surface area (Å²) >= 11 is 0. The Kier molecular flexibility index (Phi) is 2.86. The van der Waals surface area contributed by atoms with E-state index >= 15 is 0 Å². The van der Waals surface area contributed by atoms with E-state index in [0.717, 1.165) is 19.3 Å². The van der Waals surface area contributed by atoms with Gasteiger partial charge in [0.1, 0.15) is 6.07 Å². The predicted octanol–water partition coefficient (Wildman–Crippen LogP) is 1.40. The zero-order valence-corrected chi connectivity index (χ0v) is 9.81. The molecule has 88 valence electrons. The molecule has 4 nitrogen and oxygen atoms in total. The summed E-state index contributed by atoms with van der Waals surface area (Å²) in [6.45, 7) is 0. The first-order chi connectivity index (χ1) is 8.08. The zero-order valence-electron chi connectivity index (χ0n) is 9.81. The zero-order chi connectivity index (χ0) is 12.5. The van der Waals surface area contributed by atoms with Crippen molar-refractivity contribution in [1.82, 2.24) is 0 Å². The fraction of sp³-hybridized carbons (Fsp3) is 0.385. The van der Waals surface area contributed by atoms with Crippen molar-refractivity contribution in [3.05, 3.63) is 29.8 Å². The first-order valence-corrected chi connectivity index (χ1v) is 5.65. The molecule has 0 atom stereocenters. The van der Waals surface area contributed by atoms with E-state index in [1.54, 1.807) is 25.2 Å². The summed E-state index contributed by atoms with van der Waals surface area (Å²) in [5.74, 6) is -0.105. The molecule has 2 rings (SSSR count). The molecule has 0 radical (unpaired) electrons. The van der Waals surface area contributed by atoms with Crippen molar-refractivity contribution in [2.45, 2.75) is 24.8 Å². The number of nitrogens with zero attached hydrogens (tertiary/aromatic N) is 2. The van der Waals surface area contributed by atoms with Crippen LogP contribution in [0.15, 0.2) is 24.3 Å². The molecule has 0 unspecified atom stereocenters. The Hall–Kier alpha value is -1.86. The maximum Gasteiger partial charge on any atom is 0.246 e. The summed E-state index contributed by atoms with van der Waals surface area (Å²) in [6.07, 6.45) is 2.45. The summed E-state index contributed by atoms with van der Waals surface area (Å²) < 4.78 is 0. The number of carbonyl (C=O) groups is 1. The van der Waals surface area contributed by atoms with Gasteiger partial charge in [-0.2, -0.15) is 5.26 Å². The number of para-hydroxylation sites is 1. The average molecular weight is 229 g/mol. The van der Waals surface area contributed by atoms with Crippen LogP contribution in [-0.2, 0) is 4.79 Å². The van der Waals surface area contributed by atoms with Gasteiger partial charge in [0.05, 0.1) is 16.8 Å². The van der Waals surface area contributed by atoms with Crippen molar-refractivity contribution in [3.8, 4) is 6.07 Å². The van der Waals surface area contributed by atoms with Gasteiger partial charge < -0.3 is 10.6 Å². The van der Waals surface area contributed by atoms with Crippen molar-refractivity contribution in [2.75, 3.05) is 11.9 Å². The van der Waals surface area contributed by atoms with Gasteiger partial charge in [-0.3, -0.25) is 4.79 Å². The summed E-state index contributed by atoms with van der Waals surface area (Å²) in [7, 11) is 1.67. The molecule has 4 heteroatoms. The van der Waals surface area contributed by atoms with Crippen LogP contribution >= 0.6 is 0 Å². The van der Waals surface area contributed by atoms with Gasteiger partial charge in [-0.15, -0.1) is 0 Å². The van der Waals surface area contributed by atoms with E-state index in [1.807, 2.05) is 6.07 Å². The molecule has 0 heterocycles. The molecule has 1 aliphatic carbocycles. The first-order valence-electron chi connectivity index (χ1n) is 5.65. The van der Waals surface area contributed by atoms with Crippen LogP contribution in [0.25, 0.3) is 0 Å². The Morgan fingerprint density at radius 1 is 1.47 bits per heavy atom. The minimum atomic E-state index is -0.725. The molecule has 0 aliphatic heterocycles. The van der Waals surface area contributed by atoms with Crippen molar-refractivity contribution in [1.29, 1.82) is 5.26 Å². The van der Waals surface area contributed by atoms with Gasteiger partial charge in [0.2, 0.25) is 5.91 Å². The van der Waals surface area contributed by atoms with Crippen LogP contribution in [0.4, 0.5) is 5.69 Å². The summed E-state index contributed by atoms with van der Waals surface area (Å²) in [5, 5.41) is 9.00. The molecule has 1 amide bonds. The minimum absolute atomic E-state index is 0.105. The van der Waals surface area contributed by atoms with Crippen molar-refractivity contribution < 1.29 is 4.79 Å². The maximum atomic E-state index is 12.2. The third-order valence-corrected chi connectivity index (χ3v) is 3.36. The van der Waals surface area contributed by atoms with Crippen LogP contribution < -0.4 is 10.6 Å². The van der Waals surface area contributed by atoms with E-state index in [9.17, 15) is 4.79 Å². The Labute approximate surface area is 101 Å². The van der Waals surface area contributed by atoms with E-state index in [-0.39, 0.29) is 5.91 Å². The molecule has 1 aromatic rings. The van der Waals surface area contributed by atoms with Crippen molar-refractivity contribution in [2.24, 2.45) is 5.73 Å². The molecule has 0 spiro atoms. The van der Waals surface area contributed by atoms with E-state index in [2.05, 4.69) is 6.07 Å². The van der Waals surface area contributed by atoms with Gasteiger partial charge in [-0.05, 0) is 31.4 Å². The molecule has 1 saturated carbocycles. The second-order valence-electron chi connectivity index (χ2n) is 4.50.